The van der Waals surface area contributed by atoms with Crippen molar-refractivity contribution < 1.29 is 19.1 Å². The Morgan fingerprint density at radius 1 is 1.00 bits per heavy atom. The van der Waals surface area contributed by atoms with Gasteiger partial charge in [0.25, 0.3) is 5.91 Å². The largest absolute Gasteiger partial charge is 0.454 e. The number of ether oxygens (including phenoxy) is 2. The van der Waals surface area contributed by atoms with E-state index < -0.39 is 0 Å². The van der Waals surface area contributed by atoms with Gasteiger partial charge in [0.1, 0.15) is 0 Å². The molecular weight excluding hydrogens is 308 g/mol. The number of amides is 2. The number of fused-ring (bicyclic) bond motifs is 1. The third-order valence-electron chi connectivity index (χ3n) is 3.55. The van der Waals surface area contributed by atoms with Crippen LogP contribution in [-0.2, 0) is 4.79 Å². The van der Waals surface area contributed by atoms with Crippen molar-refractivity contribution >= 4 is 17.5 Å². The minimum absolute atomic E-state index is 0.111. The Hall–Kier alpha value is -3.02. The zero-order valence-corrected chi connectivity index (χ0v) is 13.5. The lowest BCUT2D eigenvalue weighted by Crippen LogP contribution is -2.32. The van der Waals surface area contributed by atoms with Crippen LogP contribution in [0.1, 0.15) is 21.5 Å². The van der Waals surface area contributed by atoms with Gasteiger partial charge in [0.2, 0.25) is 12.7 Å². The van der Waals surface area contributed by atoms with E-state index in [4.69, 9.17) is 9.47 Å². The maximum Gasteiger partial charge on any atom is 0.251 e. The molecule has 2 aromatic carbocycles. The zero-order chi connectivity index (χ0) is 17.1. The topological polar surface area (TPSA) is 76.7 Å². The first-order chi connectivity index (χ1) is 11.5. The maximum absolute atomic E-state index is 12.1. The first kappa shape index (κ1) is 15.9. The van der Waals surface area contributed by atoms with Crippen molar-refractivity contribution in [1.29, 1.82) is 0 Å². The quantitative estimate of drug-likeness (QED) is 0.904. The third kappa shape index (κ3) is 3.65. The summed E-state index contributed by atoms with van der Waals surface area (Å²) in [6, 6.07) is 10.7. The Kier molecular flexibility index (Phi) is 4.37. The molecule has 0 saturated carbocycles. The summed E-state index contributed by atoms with van der Waals surface area (Å²) >= 11 is 0. The molecular formula is C18H18N2O4. The van der Waals surface area contributed by atoms with Gasteiger partial charge in [-0.15, -0.1) is 0 Å². The summed E-state index contributed by atoms with van der Waals surface area (Å²) < 4.78 is 10.5. The minimum atomic E-state index is -0.313. The van der Waals surface area contributed by atoms with E-state index in [2.05, 4.69) is 10.6 Å². The summed E-state index contributed by atoms with van der Waals surface area (Å²) in [4.78, 5) is 24.1. The first-order valence-corrected chi connectivity index (χ1v) is 7.57. The molecule has 0 radical (unpaired) electrons. The molecule has 124 valence electrons. The van der Waals surface area contributed by atoms with Gasteiger partial charge in [0.15, 0.2) is 11.5 Å². The molecule has 1 aliphatic heterocycles. The fourth-order valence-electron chi connectivity index (χ4n) is 2.55. The van der Waals surface area contributed by atoms with Gasteiger partial charge >= 0.3 is 0 Å². The average molecular weight is 326 g/mol. The van der Waals surface area contributed by atoms with Crippen molar-refractivity contribution in [1.82, 2.24) is 5.32 Å². The SMILES string of the molecule is Cc1cc(C)cc(C(=O)NCC(=O)Nc2ccc3c(c2)OCO3)c1. The molecule has 2 N–H and O–H groups in total. The number of rotatable bonds is 4. The first-order valence-electron chi connectivity index (χ1n) is 7.57. The van der Waals surface area contributed by atoms with Crippen LogP contribution < -0.4 is 20.1 Å². The summed E-state index contributed by atoms with van der Waals surface area (Å²) in [6.45, 7) is 3.92. The fraction of sp³-hybridized carbons (Fsp3) is 0.222. The van der Waals surface area contributed by atoms with Crippen LogP contribution in [0.5, 0.6) is 11.5 Å². The monoisotopic (exact) mass is 326 g/mol. The van der Waals surface area contributed by atoms with Crippen molar-refractivity contribution in [2.75, 3.05) is 18.7 Å². The molecule has 2 aromatic rings. The van der Waals surface area contributed by atoms with Crippen LogP contribution in [0.15, 0.2) is 36.4 Å². The van der Waals surface area contributed by atoms with Crippen LogP contribution >= 0.6 is 0 Å². The van der Waals surface area contributed by atoms with Crippen LogP contribution in [0.4, 0.5) is 5.69 Å². The number of hydrogen-bond acceptors (Lipinski definition) is 4. The van der Waals surface area contributed by atoms with E-state index in [0.29, 0.717) is 22.7 Å². The summed E-state index contributed by atoms with van der Waals surface area (Å²) in [7, 11) is 0. The highest BCUT2D eigenvalue weighted by Gasteiger charge is 2.14. The van der Waals surface area contributed by atoms with Gasteiger partial charge in [0.05, 0.1) is 6.54 Å². The molecule has 6 nitrogen and oxygen atoms in total. The molecule has 0 saturated heterocycles. The van der Waals surface area contributed by atoms with E-state index in [1.807, 2.05) is 19.9 Å². The second kappa shape index (κ2) is 6.62. The normalized spacial score (nSPS) is 11.9. The van der Waals surface area contributed by atoms with Gasteiger partial charge in [-0.25, -0.2) is 0 Å². The molecule has 0 spiro atoms. The maximum atomic E-state index is 12.1. The second-order valence-corrected chi connectivity index (χ2v) is 5.68. The van der Waals surface area contributed by atoms with E-state index in [1.54, 1.807) is 30.3 Å². The highest BCUT2D eigenvalue weighted by atomic mass is 16.7. The number of benzene rings is 2. The predicted octanol–water partition coefficient (Wildman–Crippen LogP) is 2.40. The molecule has 0 unspecified atom stereocenters. The molecule has 24 heavy (non-hydrogen) atoms. The summed E-state index contributed by atoms with van der Waals surface area (Å²) in [6.07, 6.45) is 0. The molecule has 3 rings (SSSR count). The van der Waals surface area contributed by atoms with Crippen LogP contribution in [0, 0.1) is 13.8 Å². The van der Waals surface area contributed by atoms with Gasteiger partial charge in [-0.1, -0.05) is 17.2 Å². The van der Waals surface area contributed by atoms with E-state index >= 15 is 0 Å². The predicted molar refractivity (Wildman–Crippen MR) is 89.4 cm³/mol. The number of carbonyl (C=O) groups is 2. The summed E-state index contributed by atoms with van der Waals surface area (Å²) in [5, 5.41) is 5.33. The van der Waals surface area contributed by atoms with Crippen molar-refractivity contribution in [3.63, 3.8) is 0 Å². The molecule has 2 amide bonds. The van der Waals surface area contributed by atoms with Crippen LogP contribution in [0.2, 0.25) is 0 Å². The molecule has 0 atom stereocenters. The van der Waals surface area contributed by atoms with Crippen LogP contribution in [0.3, 0.4) is 0 Å². The number of carbonyl (C=O) groups excluding carboxylic acids is 2. The lowest BCUT2D eigenvalue weighted by Gasteiger charge is -2.08. The highest BCUT2D eigenvalue weighted by molar-refractivity contribution is 5.99. The Morgan fingerprint density at radius 2 is 1.71 bits per heavy atom. The van der Waals surface area contributed by atoms with Crippen molar-refractivity contribution in [3.05, 3.63) is 53.1 Å². The van der Waals surface area contributed by atoms with Gasteiger partial charge in [-0.3, -0.25) is 9.59 Å². The second-order valence-electron chi connectivity index (χ2n) is 5.68. The fourth-order valence-corrected chi connectivity index (χ4v) is 2.55. The van der Waals surface area contributed by atoms with E-state index in [-0.39, 0.29) is 25.2 Å². The Balaban J connectivity index is 1.56. The molecule has 0 aromatic heterocycles. The standard InChI is InChI=1S/C18H18N2O4/c1-11-5-12(2)7-13(6-11)18(22)19-9-17(21)20-14-3-4-15-16(8-14)24-10-23-15/h3-8H,9-10H2,1-2H3,(H,19,22)(H,20,21). The van der Waals surface area contributed by atoms with Gasteiger partial charge < -0.3 is 20.1 Å². The van der Waals surface area contributed by atoms with E-state index in [0.717, 1.165) is 11.1 Å². The number of aryl methyl sites for hydroxylation is 2. The average Bonchev–Trinajstić information content (AvgIpc) is 2.99. The Labute approximate surface area is 139 Å². The number of hydrogen-bond donors (Lipinski definition) is 2. The van der Waals surface area contributed by atoms with Crippen molar-refractivity contribution in [2.24, 2.45) is 0 Å². The molecule has 0 fully saturated rings. The molecule has 1 heterocycles. The van der Waals surface area contributed by atoms with Gasteiger partial charge in [-0.2, -0.15) is 0 Å². The molecule has 0 aliphatic carbocycles. The zero-order valence-electron chi connectivity index (χ0n) is 13.5. The smallest absolute Gasteiger partial charge is 0.251 e. The Morgan fingerprint density at radius 3 is 2.46 bits per heavy atom. The van der Waals surface area contributed by atoms with Crippen LogP contribution in [0.25, 0.3) is 0 Å². The van der Waals surface area contributed by atoms with Crippen molar-refractivity contribution in [3.8, 4) is 11.5 Å². The summed E-state index contributed by atoms with van der Waals surface area (Å²) in [5.74, 6) is 0.650. The molecule has 1 aliphatic rings. The van der Waals surface area contributed by atoms with E-state index in [9.17, 15) is 9.59 Å². The molecule has 0 bridgehead atoms. The van der Waals surface area contributed by atoms with Gasteiger partial charge in [-0.05, 0) is 38.1 Å². The third-order valence-corrected chi connectivity index (χ3v) is 3.55. The van der Waals surface area contributed by atoms with E-state index in [1.165, 1.54) is 0 Å². The number of anilines is 1. The lowest BCUT2D eigenvalue weighted by atomic mass is 10.1. The lowest BCUT2D eigenvalue weighted by molar-refractivity contribution is -0.115. The Bertz CT molecular complexity index is 781. The van der Waals surface area contributed by atoms with Crippen molar-refractivity contribution in [2.45, 2.75) is 13.8 Å². The van der Waals surface area contributed by atoms with Gasteiger partial charge in [0, 0.05) is 17.3 Å². The highest BCUT2D eigenvalue weighted by Crippen LogP contribution is 2.34. The minimum Gasteiger partial charge on any atom is -0.454 e. The summed E-state index contributed by atoms with van der Waals surface area (Å²) in [5.41, 5.74) is 3.14. The van der Waals surface area contributed by atoms with Crippen LogP contribution in [-0.4, -0.2) is 25.2 Å². The number of nitrogens with one attached hydrogen (secondary N) is 2. The molecule has 6 heteroatoms.